The third-order valence-electron chi connectivity index (χ3n) is 2.24. The highest BCUT2D eigenvalue weighted by atomic mass is 19.4. The Bertz CT molecular complexity index is 566. The molecular formula is C11H9F3N4O. The summed E-state index contributed by atoms with van der Waals surface area (Å²) in [6.45, 7) is 0. The molecule has 1 heterocycles. The maximum absolute atomic E-state index is 12.7. The number of carbonyl (C=O) groups excluding carboxylic acids is 1. The number of nitrogens with zero attached hydrogens (tertiary/aromatic N) is 1. The van der Waals surface area contributed by atoms with Gasteiger partial charge in [0.1, 0.15) is 0 Å². The van der Waals surface area contributed by atoms with Crippen molar-refractivity contribution in [3.63, 3.8) is 0 Å². The molecule has 0 saturated carbocycles. The maximum atomic E-state index is 12.7. The number of anilines is 2. The van der Waals surface area contributed by atoms with Gasteiger partial charge in [-0.15, -0.1) is 0 Å². The molecule has 19 heavy (non-hydrogen) atoms. The van der Waals surface area contributed by atoms with Crippen LogP contribution in [0.3, 0.4) is 0 Å². The van der Waals surface area contributed by atoms with Gasteiger partial charge >= 0.3 is 12.2 Å². The SMILES string of the molecule is O=C(Nc1cn[nH]c1)Nc1ccccc1C(F)(F)F. The molecule has 5 nitrogen and oxygen atoms in total. The van der Waals surface area contributed by atoms with Crippen molar-refractivity contribution in [2.75, 3.05) is 10.6 Å². The number of hydrogen-bond acceptors (Lipinski definition) is 2. The predicted molar refractivity (Wildman–Crippen MR) is 62.7 cm³/mol. The molecule has 2 aromatic rings. The number of aromatic nitrogens is 2. The Morgan fingerprint density at radius 3 is 2.58 bits per heavy atom. The van der Waals surface area contributed by atoms with Gasteiger partial charge in [-0.25, -0.2) is 4.79 Å². The van der Waals surface area contributed by atoms with Gasteiger partial charge in [-0.2, -0.15) is 18.3 Å². The van der Waals surface area contributed by atoms with Crippen molar-refractivity contribution < 1.29 is 18.0 Å². The Morgan fingerprint density at radius 1 is 1.21 bits per heavy atom. The molecule has 0 unspecified atom stereocenters. The second-order valence-electron chi connectivity index (χ2n) is 3.61. The number of carbonyl (C=O) groups is 1. The maximum Gasteiger partial charge on any atom is 0.418 e. The molecule has 2 rings (SSSR count). The van der Waals surface area contributed by atoms with Crippen LogP contribution in [0.4, 0.5) is 29.3 Å². The van der Waals surface area contributed by atoms with Crippen molar-refractivity contribution in [2.24, 2.45) is 0 Å². The minimum atomic E-state index is -4.53. The Morgan fingerprint density at radius 2 is 1.95 bits per heavy atom. The predicted octanol–water partition coefficient (Wildman–Crippen LogP) is 3.07. The number of H-pyrrole nitrogens is 1. The van der Waals surface area contributed by atoms with E-state index in [4.69, 9.17) is 0 Å². The van der Waals surface area contributed by atoms with Crippen molar-refractivity contribution in [1.29, 1.82) is 0 Å². The van der Waals surface area contributed by atoms with E-state index in [2.05, 4.69) is 20.8 Å². The molecule has 0 bridgehead atoms. The quantitative estimate of drug-likeness (QED) is 0.784. The number of aromatic amines is 1. The number of nitrogens with one attached hydrogen (secondary N) is 3. The van der Waals surface area contributed by atoms with Gasteiger partial charge in [-0.1, -0.05) is 12.1 Å². The fraction of sp³-hybridized carbons (Fsp3) is 0.0909. The van der Waals surface area contributed by atoms with Crippen LogP contribution in [0.25, 0.3) is 0 Å². The normalized spacial score (nSPS) is 11.1. The standard InChI is InChI=1S/C11H9F3N4O/c12-11(13,14)8-3-1-2-4-9(8)18-10(19)17-7-5-15-16-6-7/h1-6H,(H,15,16)(H2,17,18,19). The number of urea groups is 1. The number of amides is 2. The zero-order valence-corrected chi connectivity index (χ0v) is 9.45. The van der Waals surface area contributed by atoms with E-state index in [-0.39, 0.29) is 5.69 Å². The number of rotatable bonds is 2. The summed E-state index contributed by atoms with van der Waals surface area (Å²) in [7, 11) is 0. The molecule has 8 heteroatoms. The molecule has 0 radical (unpaired) electrons. The molecule has 3 N–H and O–H groups in total. The summed E-state index contributed by atoms with van der Waals surface area (Å²) in [4.78, 5) is 11.5. The van der Waals surface area contributed by atoms with Gasteiger partial charge in [0.05, 0.1) is 23.1 Å². The van der Waals surface area contributed by atoms with Crippen LogP contribution in [0, 0.1) is 0 Å². The molecule has 0 atom stereocenters. The molecule has 100 valence electrons. The van der Waals surface area contributed by atoms with Crippen molar-refractivity contribution in [3.8, 4) is 0 Å². The van der Waals surface area contributed by atoms with E-state index in [0.717, 1.165) is 6.07 Å². The zero-order chi connectivity index (χ0) is 13.9. The summed E-state index contributed by atoms with van der Waals surface area (Å²) < 4.78 is 38.1. The van der Waals surface area contributed by atoms with Gasteiger partial charge in [0.15, 0.2) is 0 Å². The van der Waals surface area contributed by atoms with Crippen LogP contribution in [0.1, 0.15) is 5.56 Å². The molecule has 0 aliphatic carbocycles. The summed E-state index contributed by atoms with van der Waals surface area (Å²) in [5.74, 6) is 0. The first-order chi connectivity index (χ1) is 8.97. The van der Waals surface area contributed by atoms with Crippen LogP contribution in [0.5, 0.6) is 0 Å². The molecule has 2 amide bonds. The molecule has 0 spiro atoms. The van der Waals surface area contributed by atoms with Gasteiger partial charge in [0, 0.05) is 6.20 Å². The molecular weight excluding hydrogens is 261 g/mol. The average Bonchev–Trinajstić information content (AvgIpc) is 2.81. The first kappa shape index (κ1) is 12.9. The third-order valence-corrected chi connectivity index (χ3v) is 2.24. The van der Waals surface area contributed by atoms with Crippen molar-refractivity contribution in [3.05, 3.63) is 42.2 Å². The monoisotopic (exact) mass is 270 g/mol. The third kappa shape index (κ3) is 3.24. The minimum Gasteiger partial charge on any atom is -0.307 e. The lowest BCUT2D eigenvalue weighted by atomic mass is 10.1. The lowest BCUT2D eigenvalue weighted by Crippen LogP contribution is -2.21. The summed E-state index contributed by atoms with van der Waals surface area (Å²) in [5.41, 5.74) is -0.865. The van der Waals surface area contributed by atoms with Gasteiger partial charge in [0.2, 0.25) is 0 Å². The highest BCUT2D eigenvalue weighted by molar-refractivity contribution is 6.00. The second kappa shape index (κ2) is 5.01. The highest BCUT2D eigenvalue weighted by Gasteiger charge is 2.33. The van der Waals surface area contributed by atoms with Gasteiger partial charge in [-0.05, 0) is 12.1 Å². The van der Waals surface area contributed by atoms with Crippen LogP contribution in [-0.4, -0.2) is 16.2 Å². The van der Waals surface area contributed by atoms with Crippen molar-refractivity contribution >= 4 is 17.4 Å². The van der Waals surface area contributed by atoms with E-state index in [1.807, 2.05) is 0 Å². The Balaban J connectivity index is 2.13. The molecule has 0 aliphatic rings. The van der Waals surface area contributed by atoms with Crippen LogP contribution < -0.4 is 10.6 Å². The molecule has 0 saturated heterocycles. The summed E-state index contributed by atoms with van der Waals surface area (Å²) in [5, 5.41) is 10.5. The summed E-state index contributed by atoms with van der Waals surface area (Å²) in [6, 6.07) is 3.95. The fourth-order valence-corrected chi connectivity index (χ4v) is 1.44. The lowest BCUT2D eigenvalue weighted by Gasteiger charge is -2.13. The van der Waals surface area contributed by atoms with E-state index >= 15 is 0 Å². The van der Waals surface area contributed by atoms with Gasteiger partial charge in [0.25, 0.3) is 0 Å². The van der Waals surface area contributed by atoms with Crippen LogP contribution >= 0.6 is 0 Å². The number of benzene rings is 1. The number of hydrogen-bond donors (Lipinski definition) is 3. The number of halogens is 3. The van der Waals surface area contributed by atoms with Crippen molar-refractivity contribution in [2.45, 2.75) is 6.18 Å². The topological polar surface area (TPSA) is 69.8 Å². The molecule has 0 fully saturated rings. The first-order valence-electron chi connectivity index (χ1n) is 5.20. The van der Waals surface area contributed by atoms with Gasteiger partial charge in [-0.3, -0.25) is 5.10 Å². The molecule has 1 aromatic carbocycles. The van der Waals surface area contributed by atoms with E-state index in [0.29, 0.717) is 5.69 Å². The van der Waals surface area contributed by atoms with Crippen LogP contribution in [-0.2, 0) is 6.18 Å². The van der Waals surface area contributed by atoms with E-state index < -0.39 is 17.8 Å². The highest BCUT2D eigenvalue weighted by Crippen LogP contribution is 2.34. The number of para-hydroxylation sites is 1. The average molecular weight is 270 g/mol. The Kier molecular flexibility index (Phi) is 3.41. The fourth-order valence-electron chi connectivity index (χ4n) is 1.44. The summed E-state index contributed by atoms with van der Waals surface area (Å²) >= 11 is 0. The lowest BCUT2D eigenvalue weighted by molar-refractivity contribution is -0.136. The van der Waals surface area contributed by atoms with Crippen LogP contribution in [0.2, 0.25) is 0 Å². The second-order valence-corrected chi connectivity index (χ2v) is 3.61. The van der Waals surface area contributed by atoms with E-state index in [1.165, 1.54) is 30.6 Å². The largest absolute Gasteiger partial charge is 0.418 e. The first-order valence-corrected chi connectivity index (χ1v) is 5.20. The smallest absolute Gasteiger partial charge is 0.307 e. The molecule has 0 aliphatic heterocycles. The number of alkyl halides is 3. The van der Waals surface area contributed by atoms with Crippen molar-refractivity contribution in [1.82, 2.24) is 10.2 Å². The summed E-state index contributed by atoms with van der Waals surface area (Å²) in [6.07, 6.45) is -1.80. The van der Waals surface area contributed by atoms with Crippen LogP contribution in [0.15, 0.2) is 36.7 Å². The minimum absolute atomic E-state index is 0.309. The zero-order valence-electron chi connectivity index (χ0n) is 9.45. The Labute approximate surface area is 105 Å². The van der Waals surface area contributed by atoms with E-state index in [9.17, 15) is 18.0 Å². The molecule has 1 aromatic heterocycles. The van der Waals surface area contributed by atoms with Gasteiger partial charge < -0.3 is 10.6 Å². The Hall–Kier alpha value is -2.51. The van der Waals surface area contributed by atoms with E-state index in [1.54, 1.807) is 0 Å².